The van der Waals surface area contributed by atoms with Gasteiger partial charge in [0.2, 0.25) is 0 Å². The van der Waals surface area contributed by atoms with Gasteiger partial charge in [0, 0.05) is 13.6 Å². The summed E-state index contributed by atoms with van der Waals surface area (Å²) in [5.74, 6) is 0.729. The lowest BCUT2D eigenvalue weighted by Gasteiger charge is -2.09. The molecule has 1 heterocycles. The minimum absolute atomic E-state index is 0.282. The molecule has 0 unspecified atom stereocenters. The van der Waals surface area contributed by atoms with Crippen LogP contribution in [0.15, 0.2) is 41.3 Å². The van der Waals surface area contributed by atoms with E-state index in [0.717, 1.165) is 5.56 Å². The highest BCUT2D eigenvalue weighted by Gasteiger charge is 2.12. The van der Waals surface area contributed by atoms with Crippen molar-refractivity contribution in [2.45, 2.75) is 11.4 Å². The summed E-state index contributed by atoms with van der Waals surface area (Å²) in [6.07, 6.45) is 0. The summed E-state index contributed by atoms with van der Waals surface area (Å²) in [5.41, 5.74) is 0.910. The molecule has 2 rings (SSSR count). The summed E-state index contributed by atoms with van der Waals surface area (Å²) in [5, 5.41) is 16.4. The van der Waals surface area contributed by atoms with E-state index in [2.05, 4.69) is 15.6 Å². The van der Waals surface area contributed by atoms with Crippen LogP contribution in [0.2, 0.25) is 0 Å². The Kier molecular flexibility index (Phi) is 4.94. The van der Waals surface area contributed by atoms with Crippen LogP contribution in [0.1, 0.15) is 5.56 Å². The third-order valence-corrected chi connectivity index (χ3v) is 3.33. The SMILES string of the molecule is CNc1nc(NCc2ccc(F)cc2)ccc1S[N+](=O)[O-]. The molecule has 0 atom stereocenters. The maximum atomic E-state index is 12.8. The third kappa shape index (κ3) is 4.32. The summed E-state index contributed by atoms with van der Waals surface area (Å²) in [6.45, 7) is 0.484. The van der Waals surface area contributed by atoms with E-state index in [9.17, 15) is 14.5 Å². The second-order valence-corrected chi connectivity index (χ2v) is 5.01. The summed E-state index contributed by atoms with van der Waals surface area (Å²) in [6, 6.07) is 9.42. The molecule has 110 valence electrons. The molecule has 1 aromatic carbocycles. The zero-order valence-corrected chi connectivity index (χ0v) is 12.0. The Morgan fingerprint density at radius 2 is 2.00 bits per heavy atom. The van der Waals surface area contributed by atoms with Crippen LogP contribution < -0.4 is 10.6 Å². The average molecular weight is 308 g/mol. The predicted octanol–water partition coefficient (Wildman–Crippen LogP) is 3.16. The second kappa shape index (κ2) is 6.89. The minimum Gasteiger partial charge on any atom is -0.372 e. The van der Waals surface area contributed by atoms with Crippen LogP contribution in [0.3, 0.4) is 0 Å². The lowest BCUT2D eigenvalue weighted by Crippen LogP contribution is -2.04. The van der Waals surface area contributed by atoms with Gasteiger partial charge in [-0.2, -0.15) is 0 Å². The van der Waals surface area contributed by atoms with Gasteiger partial charge in [-0.05, 0) is 29.8 Å². The zero-order chi connectivity index (χ0) is 15.2. The number of pyridine rings is 1. The molecule has 1 aromatic heterocycles. The number of aromatic nitrogens is 1. The molecule has 6 nitrogen and oxygen atoms in total. The molecule has 0 bridgehead atoms. The Bertz CT molecular complexity index is 637. The Balaban J connectivity index is 2.06. The first-order chi connectivity index (χ1) is 10.1. The van der Waals surface area contributed by atoms with Crippen molar-refractivity contribution in [3.05, 3.63) is 57.9 Å². The van der Waals surface area contributed by atoms with Crippen molar-refractivity contribution in [1.82, 2.24) is 4.98 Å². The van der Waals surface area contributed by atoms with Crippen LogP contribution in [0.4, 0.5) is 16.0 Å². The van der Waals surface area contributed by atoms with Crippen molar-refractivity contribution < 1.29 is 8.72 Å². The predicted molar refractivity (Wildman–Crippen MR) is 80.4 cm³/mol. The van der Waals surface area contributed by atoms with Crippen molar-refractivity contribution in [1.29, 1.82) is 0 Å². The number of rotatable bonds is 6. The lowest BCUT2D eigenvalue weighted by molar-refractivity contribution is -0.284. The van der Waals surface area contributed by atoms with Gasteiger partial charge in [-0.3, -0.25) is 10.1 Å². The fourth-order valence-corrected chi connectivity index (χ4v) is 2.20. The van der Waals surface area contributed by atoms with Gasteiger partial charge in [0.05, 0.1) is 0 Å². The molecule has 21 heavy (non-hydrogen) atoms. The molecule has 8 heteroatoms. The van der Waals surface area contributed by atoms with Gasteiger partial charge >= 0.3 is 0 Å². The van der Waals surface area contributed by atoms with Crippen molar-refractivity contribution in [2.75, 3.05) is 17.7 Å². The number of nitrogens with zero attached hydrogens (tertiary/aromatic N) is 2. The second-order valence-electron chi connectivity index (χ2n) is 4.09. The van der Waals surface area contributed by atoms with E-state index >= 15 is 0 Å². The van der Waals surface area contributed by atoms with Gasteiger partial charge in [-0.1, -0.05) is 12.1 Å². The summed E-state index contributed by atoms with van der Waals surface area (Å²) in [4.78, 5) is 15.2. The first kappa shape index (κ1) is 15.0. The monoisotopic (exact) mass is 308 g/mol. The number of nitro groups is 1. The molecular weight excluding hydrogens is 295 g/mol. The van der Waals surface area contributed by atoms with Gasteiger partial charge in [0.25, 0.3) is 11.9 Å². The Labute approximate surface area is 125 Å². The number of nitrogens with one attached hydrogen (secondary N) is 2. The third-order valence-electron chi connectivity index (χ3n) is 2.65. The molecule has 0 fully saturated rings. The molecule has 0 radical (unpaired) electrons. The molecule has 2 N–H and O–H groups in total. The number of hydrogen-bond acceptors (Lipinski definition) is 6. The van der Waals surface area contributed by atoms with Gasteiger partial charge in [0.1, 0.15) is 26.7 Å². The molecule has 2 aromatic rings. The smallest absolute Gasteiger partial charge is 0.269 e. The molecule has 0 saturated carbocycles. The zero-order valence-electron chi connectivity index (χ0n) is 11.2. The van der Waals surface area contributed by atoms with Crippen molar-refractivity contribution in [3.8, 4) is 0 Å². The Morgan fingerprint density at radius 3 is 2.62 bits per heavy atom. The van der Waals surface area contributed by atoms with Gasteiger partial charge in [-0.25, -0.2) is 9.37 Å². The molecule has 0 aliphatic heterocycles. The molecular formula is C13H13FN4O2S. The quantitative estimate of drug-likeness (QED) is 0.485. The van der Waals surface area contributed by atoms with Crippen LogP contribution in [0.25, 0.3) is 0 Å². The lowest BCUT2D eigenvalue weighted by atomic mass is 10.2. The molecule has 0 saturated heterocycles. The van der Waals surface area contributed by atoms with Crippen molar-refractivity contribution in [2.24, 2.45) is 0 Å². The molecule has 0 spiro atoms. The van der Waals surface area contributed by atoms with Gasteiger partial charge < -0.3 is 10.6 Å². The van der Waals surface area contributed by atoms with E-state index in [4.69, 9.17) is 0 Å². The number of hydrogen-bond donors (Lipinski definition) is 2. The Morgan fingerprint density at radius 1 is 1.29 bits per heavy atom. The van der Waals surface area contributed by atoms with Crippen LogP contribution in [0, 0.1) is 15.9 Å². The van der Waals surface area contributed by atoms with E-state index in [0.29, 0.717) is 35.0 Å². The Hall–Kier alpha value is -2.35. The van der Waals surface area contributed by atoms with E-state index in [1.165, 1.54) is 12.1 Å². The topological polar surface area (TPSA) is 80.1 Å². The van der Waals surface area contributed by atoms with Crippen molar-refractivity contribution in [3.63, 3.8) is 0 Å². The van der Waals surface area contributed by atoms with Crippen LogP contribution in [-0.2, 0) is 6.54 Å². The summed E-state index contributed by atoms with van der Waals surface area (Å²) >= 11 is 0.502. The van der Waals surface area contributed by atoms with E-state index in [1.54, 1.807) is 31.3 Å². The fraction of sp³-hybridized carbons (Fsp3) is 0.154. The van der Waals surface area contributed by atoms with Gasteiger partial charge in [0.15, 0.2) is 0 Å². The van der Waals surface area contributed by atoms with E-state index < -0.39 is 4.33 Å². The first-order valence-electron chi connectivity index (χ1n) is 6.08. The van der Waals surface area contributed by atoms with Crippen LogP contribution in [-0.4, -0.2) is 16.4 Å². The summed E-state index contributed by atoms with van der Waals surface area (Å²) in [7, 11) is 1.65. The normalized spacial score (nSPS) is 10.2. The fourth-order valence-electron chi connectivity index (χ4n) is 1.67. The molecule has 0 aliphatic carbocycles. The largest absolute Gasteiger partial charge is 0.372 e. The number of benzene rings is 1. The first-order valence-corrected chi connectivity index (χ1v) is 6.85. The average Bonchev–Trinajstić information content (AvgIpc) is 2.47. The van der Waals surface area contributed by atoms with E-state index in [-0.39, 0.29) is 5.82 Å². The number of anilines is 2. The standard InChI is InChI=1S/C13H13FN4O2S/c1-15-13-11(21-18(19)20)6-7-12(17-13)16-8-9-2-4-10(14)5-3-9/h2-7H,8H2,1H3,(H2,15,16,17). The maximum absolute atomic E-state index is 12.8. The van der Waals surface area contributed by atoms with Crippen molar-refractivity contribution >= 4 is 23.6 Å². The highest BCUT2D eigenvalue weighted by molar-refractivity contribution is 7.93. The highest BCUT2D eigenvalue weighted by Crippen LogP contribution is 2.27. The highest BCUT2D eigenvalue weighted by atomic mass is 32.2. The van der Waals surface area contributed by atoms with Gasteiger partial charge in [-0.15, -0.1) is 0 Å². The number of halogens is 1. The van der Waals surface area contributed by atoms with Crippen LogP contribution >= 0.6 is 11.9 Å². The van der Waals surface area contributed by atoms with Crippen LogP contribution in [0.5, 0.6) is 0 Å². The molecule has 0 aliphatic rings. The molecule has 0 amide bonds. The maximum Gasteiger partial charge on any atom is 0.269 e. The minimum atomic E-state index is -0.483. The van der Waals surface area contributed by atoms with E-state index in [1.807, 2.05) is 0 Å². The summed E-state index contributed by atoms with van der Waals surface area (Å²) < 4.78 is 12.3.